The highest BCUT2D eigenvalue weighted by Crippen LogP contribution is 2.17. The van der Waals surface area contributed by atoms with Crippen molar-refractivity contribution in [3.63, 3.8) is 0 Å². The zero-order valence-electron chi connectivity index (χ0n) is 12.1. The van der Waals surface area contributed by atoms with Gasteiger partial charge in [0.2, 0.25) is 0 Å². The molecule has 20 heavy (non-hydrogen) atoms. The van der Waals surface area contributed by atoms with E-state index in [4.69, 9.17) is 11.5 Å². The monoisotopic (exact) mass is 270 g/mol. The second-order valence-electron chi connectivity index (χ2n) is 5.03. The summed E-state index contributed by atoms with van der Waals surface area (Å²) in [6, 6.07) is 15.9. The summed E-state index contributed by atoms with van der Waals surface area (Å²) < 4.78 is 0. The van der Waals surface area contributed by atoms with Crippen molar-refractivity contribution < 1.29 is 0 Å². The van der Waals surface area contributed by atoms with Gasteiger partial charge < -0.3 is 21.3 Å². The molecule has 0 unspecified atom stereocenters. The van der Waals surface area contributed by atoms with Crippen LogP contribution in [-0.2, 0) is 0 Å². The fourth-order valence-electron chi connectivity index (χ4n) is 2.02. The van der Waals surface area contributed by atoms with E-state index >= 15 is 0 Å². The number of rotatable bonds is 5. The highest BCUT2D eigenvalue weighted by atomic mass is 15.2. The zero-order chi connectivity index (χ0) is 14.5. The van der Waals surface area contributed by atoms with E-state index in [1.807, 2.05) is 48.5 Å². The van der Waals surface area contributed by atoms with E-state index in [0.29, 0.717) is 0 Å². The Bertz CT molecular complexity index is 482. The van der Waals surface area contributed by atoms with Crippen LogP contribution >= 0.6 is 0 Å². The van der Waals surface area contributed by atoms with Gasteiger partial charge in [-0.25, -0.2) is 0 Å². The molecule has 0 atom stereocenters. The molecule has 4 heteroatoms. The van der Waals surface area contributed by atoms with Gasteiger partial charge in [0.05, 0.1) is 0 Å². The molecule has 2 rings (SSSR count). The summed E-state index contributed by atoms with van der Waals surface area (Å²) in [5.74, 6) is 0. The lowest BCUT2D eigenvalue weighted by atomic mass is 10.2. The van der Waals surface area contributed by atoms with Crippen molar-refractivity contribution in [1.82, 2.24) is 0 Å². The minimum absolute atomic E-state index is 0.793. The summed E-state index contributed by atoms with van der Waals surface area (Å²) in [6.07, 6.45) is 0. The lowest BCUT2D eigenvalue weighted by molar-refractivity contribution is 0.833. The molecule has 0 bridgehead atoms. The van der Waals surface area contributed by atoms with Crippen LogP contribution in [0, 0.1) is 0 Å². The summed E-state index contributed by atoms with van der Waals surface area (Å²) in [7, 11) is 4.17. The van der Waals surface area contributed by atoms with Crippen LogP contribution in [0.5, 0.6) is 0 Å². The molecule has 4 nitrogen and oxygen atoms in total. The van der Waals surface area contributed by atoms with Gasteiger partial charge in [0.25, 0.3) is 0 Å². The van der Waals surface area contributed by atoms with Crippen molar-refractivity contribution >= 4 is 22.7 Å². The Hall–Kier alpha value is -2.36. The lowest BCUT2D eigenvalue weighted by Crippen LogP contribution is -2.30. The Balaban J connectivity index is 1.91. The van der Waals surface area contributed by atoms with Crippen molar-refractivity contribution in [3.05, 3.63) is 48.5 Å². The van der Waals surface area contributed by atoms with E-state index in [2.05, 4.69) is 23.9 Å². The molecule has 0 saturated heterocycles. The molecule has 0 aliphatic rings. The maximum atomic E-state index is 5.70. The first-order chi connectivity index (χ1) is 9.56. The van der Waals surface area contributed by atoms with Gasteiger partial charge in [-0.2, -0.15) is 0 Å². The van der Waals surface area contributed by atoms with Crippen LogP contribution in [0.3, 0.4) is 0 Å². The second-order valence-corrected chi connectivity index (χ2v) is 5.03. The van der Waals surface area contributed by atoms with E-state index < -0.39 is 0 Å². The van der Waals surface area contributed by atoms with E-state index in [0.717, 1.165) is 24.5 Å². The van der Waals surface area contributed by atoms with E-state index in [9.17, 15) is 0 Å². The van der Waals surface area contributed by atoms with Crippen molar-refractivity contribution in [2.75, 3.05) is 48.5 Å². The fourth-order valence-corrected chi connectivity index (χ4v) is 2.02. The Morgan fingerprint density at radius 2 is 0.950 bits per heavy atom. The first-order valence-corrected chi connectivity index (χ1v) is 6.69. The molecule has 0 radical (unpaired) electrons. The molecule has 106 valence electrons. The molecule has 4 N–H and O–H groups in total. The summed E-state index contributed by atoms with van der Waals surface area (Å²) in [5.41, 5.74) is 15.3. The maximum Gasteiger partial charge on any atom is 0.0365 e. The van der Waals surface area contributed by atoms with Crippen molar-refractivity contribution in [2.45, 2.75) is 0 Å². The smallest absolute Gasteiger partial charge is 0.0365 e. The third-order valence-corrected chi connectivity index (χ3v) is 3.44. The average molecular weight is 270 g/mol. The maximum absolute atomic E-state index is 5.70. The average Bonchev–Trinajstić information content (AvgIpc) is 2.46. The molecular formula is C16H22N4. The number of hydrogen-bond acceptors (Lipinski definition) is 4. The van der Waals surface area contributed by atoms with Crippen LogP contribution < -0.4 is 21.3 Å². The SMILES string of the molecule is CN(CCN(C)c1ccc(N)cc1)c1ccc(N)cc1. The number of nitrogen functional groups attached to an aromatic ring is 2. The minimum atomic E-state index is 0.793. The Kier molecular flexibility index (Phi) is 4.35. The van der Waals surface area contributed by atoms with Gasteiger partial charge in [0.1, 0.15) is 0 Å². The van der Waals surface area contributed by atoms with Crippen molar-refractivity contribution in [2.24, 2.45) is 0 Å². The Morgan fingerprint density at radius 3 is 1.25 bits per heavy atom. The molecule has 2 aromatic rings. The summed E-state index contributed by atoms with van der Waals surface area (Å²) in [6.45, 7) is 1.87. The third kappa shape index (κ3) is 3.57. The normalized spacial score (nSPS) is 10.3. The second kappa shape index (κ2) is 6.19. The number of anilines is 4. The molecule has 0 aliphatic heterocycles. The molecule has 0 aliphatic carbocycles. The molecule has 0 saturated carbocycles. The number of benzene rings is 2. The van der Waals surface area contributed by atoms with E-state index in [1.54, 1.807) is 0 Å². The molecule has 2 aromatic carbocycles. The summed E-state index contributed by atoms with van der Waals surface area (Å²) in [5, 5.41) is 0. The highest BCUT2D eigenvalue weighted by molar-refractivity contribution is 5.54. The van der Waals surface area contributed by atoms with Gasteiger partial charge in [0, 0.05) is 49.9 Å². The number of hydrogen-bond donors (Lipinski definition) is 2. The largest absolute Gasteiger partial charge is 0.399 e. The van der Waals surface area contributed by atoms with Crippen LogP contribution in [0.4, 0.5) is 22.7 Å². The molecule has 0 fully saturated rings. The quantitative estimate of drug-likeness (QED) is 0.819. The highest BCUT2D eigenvalue weighted by Gasteiger charge is 2.04. The first kappa shape index (κ1) is 14.1. The predicted octanol–water partition coefficient (Wildman–Crippen LogP) is 2.42. The van der Waals surface area contributed by atoms with Crippen LogP contribution in [-0.4, -0.2) is 27.2 Å². The number of nitrogens with two attached hydrogens (primary N) is 2. The van der Waals surface area contributed by atoms with Gasteiger partial charge in [-0.05, 0) is 48.5 Å². The van der Waals surface area contributed by atoms with Crippen LogP contribution in [0.1, 0.15) is 0 Å². The molecular weight excluding hydrogens is 248 g/mol. The van der Waals surface area contributed by atoms with Crippen LogP contribution in [0.2, 0.25) is 0 Å². The molecule has 0 aromatic heterocycles. The summed E-state index contributed by atoms with van der Waals surface area (Å²) in [4.78, 5) is 4.43. The van der Waals surface area contributed by atoms with Gasteiger partial charge >= 0.3 is 0 Å². The lowest BCUT2D eigenvalue weighted by Gasteiger charge is -2.25. The zero-order valence-corrected chi connectivity index (χ0v) is 12.1. The van der Waals surface area contributed by atoms with Crippen molar-refractivity contribution in [3.8, 4) is 0 Å². The van der Waals surface area contributed by atoms with E-state index in [-0.39, 0.29) is 0 Å². The standard InChI is InChI=1S/C16H22N4/c1-19(15-7-3-13(17)4-8-15)11-12-20(2)16-9-5-14(18)6-10-16/h3-10H,11-12,17-18H2,1-2H3. The number of nitrogens with zero attached hydrogens (tertiary/aromatic N) is 2. The molecule has 0 heterocycles. The Labute approximate surface area is 120 Å². The van der Waals surface area contributed by atoms with E-state index in [1.165, 1.54) is 11.4 Å². The van der Waals surface area contributed by atoms with Crippen molar-refractivity contribution in [1.29, 1.82) is 0 Å². The molecule has 0 amide bonds. The summed E-state index contributed by atoms with van der Waals surface area (Å²) >= 11 is 0. The van der Waals surface area contributed by atoms with Gasteiger partial charge in [-0.1, -0.05) is 0 Å². The fraction of sp³-hybridized carbons (Fsp3) is 0.250. The minimum Gasteiger partial charge on any atom is -0.399 e. The van der Waals surface area contributed by atoms with Gasteiger partial charge in [0.15, 0.2) is 0 Å². The topological polar surface area (TPSA) is 58.5 Å². The van der Waals surface area contributed by atoms with Crippen LogP contribution in [0.15, 0.2) is 48.5 Å². The van der Waals surface area contributed by atoms with Gasteiger partial charge in [-0.3, -0.25) is 0 Å². The third-order valence-electron chi connectivity index (χ3n) is 3.44. The first-order valence-electron chi connectivity index (χ1n) is 6.69. The predicted molar refractivity (Wildman–Crippen MR) is 88.2 cm³/mol. The Morgan fingerprint density at radius 1 is 0.650 bits per heavy atom. The van der Waals surface area contributed by atoms with Gasteiger partial charge in [-0.15, -0.1) is 0 Å². The van der Waals surface area contributed by atoms with Crippen LogP contribution in [0.25, 0.3) is 0 Å². The number of likely N-dealkylation sites (N-methyl/N-ethyl adjacent to an activating group) is 2. The molecule has 0 spiro atoms.